The average Bonchev–Trinajstić information content (AvgIpc) is 2.81. The van der Waals surface area contributed by atoms with Crippen LogP contribution in [0.1, 0.15) is 17.3 Å². The fourth-order valence-electron chi connectivity index (χ4n) is 2.39. The van der Waals surface area contributed by atoms with Crippen molar-refractivity contribution in [2.45, 2.75) is 6.92 Å². The molecule has 1 aromatic carbocycles. The molecule has 3 aromatic rings. The Morgan fingerprint density at radius 1 is 1.17 bits per heavy atom. The van der Waals surface area contributed by atoms with Gasteiger partial charge in [-0.05, 0) is 25.1 Å². The van der Waals surface area contributed by atoms with Crippen LogP contribution in [0.2, 0.25) is 0 Å². The number of nitrogens with zero attached hydrogens (tertiary/aromatic N) is 2. The lowest BCUT2D eigenvalue weighted by Gasteiger charge is -2.07. The van der Waals surface area contributed by atoms with E-state index in [1.807, 2.05) is 0 Å². The number of carbonyl (C=O) groups is 1. The molecular formula is C15H14N4O5. The summed E-state index contributed by atoms with van der Waals surface area (Å²) in [5, 5.41) is 0. The van der Waals surface area contributed by atoms with Gasteiger partial charge >= 0.3 is 17.3 Å². The molecule has 2 aromatic heterocycles. The molecule has 0 aliphatic heterocycles. The highest BCUT2D eigenvalue weighted by atomic mass is 16.5. The molecule has 0 bridgehead atoms. The number of aromatic nitrogens is 4. The van der Waals surface area contributed by atoms with Crippen LogP contribution in [0, 0.1) is 0 Å². The number of hydrogen-bond acceptors (Lipinski definition) is 5. The predicted octanol–water partition coefficient (Wildman–Crippen LogP) is -0.118. The first-order valence-electron chi connectivity index (χ1n) is 7.14. The predicted molar refractivity (Wildman–Crippen MR) is 85.7 cm³/mol. The standard InChI is InChI=1S/C15H14N4O5/c1-3-24-13(21)9-7-19(15(23)17-12(9)20)8-4-5-11-10(6-8)16-14(22)18(11)2/h4-7H,3H2,1-2H3,(H,16,22)(H,17,20,23). The number of aryl methyl sites for hydroxylation is 1. The van der Waals surface area contributed by atoms with Crippen molar-refractivity contribution < 1.29 is 9.53 Å². The molecule has 24 heavy (non-hydrogen) atoms. The number of nitrogens with one attached hydrogen (secondary N) is 2. The molecule has 0 amide bonds. The SMILES string of the molecule is CCOC(=O)c1cn(-c2ccc3c(c2)[nH]c(=O)n3C)c(=O)[nH]c1=O. The van der Waals surface area contributed by atoms with E-state index in [1.165, 1.54) is 4.57 Å². The van der Waals surface area contributed by atoms with E-state index < -0.39 is 17.2 Å². The zero-order valence-corrected chi connectivity index (χ0v) is 13.0. The van der Waals surface area contributed by atoms with Gasteiger partial charge in [-0.2, -0.15) is 0 Å². The number of imidazole rings is 1. The molecule has 9 heteroatoms. The van der Waals surface area contributed by atoms with Crippen LogP contribution < -0.4 is 16.9 Å². The lowest BCUT2D eigenvalue weighted by molar-refractivity contribution is 0.0523. The van der Waals surface area contributed by atoms with Crippen molar-refractivity contribution in [3.05, 3.63) is 61.3 Å². The summed E-state index contributed by atoms with van der Waals surface area (Å²) in [6, 6.07) is 4.83. The number of rotatable bonds is 3. The Bertz CT molecular complexity index is 1120. The third kappa shape index (κ3) is 2.45. The van der Waals surface area contributed by atoms with Gasteiger partial charge in [0.25, 0.3) is 5.56 Å². The van der Waals surface area contributed by atoms with E-state index in [-0.39, 0.29) is 17.9 Å². The van der Waals surface area contributed by atoms with Crippen LogP contribution in [-0.4, -0.2) is 31.7 Å². The van der Waals surface area contributed by atoms with Crippen molar-refractivity contribution in [1.82, 2.24) is 19.1 Å². The van der Waals surface area contributed by atoms with Crippen LogP contribution in [0.4, 0.5) is 0 Å². The maximum atomic E-state index is 12.1. The van der Waals surface area contributed by atoms with Crippen LogP contribution in [0.25, 0.3) is 16.7 Å². The highest BCUT2D eigenvalue weighted by molar-refractivity contribution is 5.88. The first-order chi connectivity index (χ1) is 11.4. The topological polar surface area (TPSA) is 119 Å². The second kappa shape index (κ2) is 5.69. The summed E-state index contributed by atoms with van der Waals surface area (Å²) in [5.41, 5.74) is -0.519. The first-order valence-corrected chi connectivity index (χ1v) is 7.14. The van der Waals surface area contributed by atoms with Crippen molar-refractivity contribution in [3.8, 4) is 5.69 Å². The van der Waals surface area contributed by atoms with Crippen molar-refractivity contribution >= 4 is 17.0 Å². The fraction of sp³-hybridized carbons (Fsp3) is 0.200. The second-order valence-corrected chi connectivity index (χ2v) is 5.08. The Labute approximate surface area is 134 Å². The van der Waals surface area contributed by atoms with Gasteiger partial charge in [0.05, 0.1) is 23.3 Å². The number of esters is 1. The second-order valence-electron chi connectivity index (χ2n) is 5.08. The van der Waals surface area contributed by atoms with Crippen LogP contribution >= 0.6 is 0 Å². The van der Waals surface area contributed by atoms with Crippen molar-refractivity contribution in [3.63, 3.8) is 0 Å². The summed E-state index contributed by atoms with van der Waals surface area (Å²) < 4.78 is 7.34. The van der Waals surface area contributed by atoms with Gasteiger partial charge in [0.15, 0.2) is 0 Å². The van der Waals surface area contributed by atoms with E-state index in [0.717, 1.165) is 10.8 Å². The maximum absolute atomic E-state index is 12.1. The highest BCUT2D eigenvalue weighted by Gasteiger charge is 2.15. The Kier molecular flexibility index (Phi) is 3.68. The molecule has 0 aliphatic carbocycles. The summed E-state index contributed by atoms with van der Waals surface area (Å²) in [4.78, 5) is 52.0. The maximum Gasteiger partial charge on any atom is 0.345 e. The summed E-state index contributed by atoms with van der Waals surface area (Å²) in [6.07, 6.45) is 1.13. The number of fused-ring (bicyclic) bond motifs is 1. The van der Waals surface area contributed by atoms with Gasteiger partial charge in [0.2, 0.25) is 0 Å². The lowest BCUT2D eigenvalue weighted by Crippen LogP contribution is -2.33. The Hall–Kier alpha value is -3.36. The van der Waals surface area contributed by atoms with Gasteiger partial charge in [-0.25, -0.2) is 14.4 Å². The number of hydrogen-bond donors (Lipinski definition) is 2. The fourth-order valence-corrected chi connectivity index (χ4v) is 2.39. The molecule has 0 spiro atoms. The first kappa shape index (κ1) is 15.5. The summed E-state index contributed by atoms with van der Waals surface area (Å²) in [7, 11) is 1.62. The van der Waals surface area contributed by atoms with E-state index in [2.05, 4.69) is 9.97 Å². The van der Waals surface area contributed by atoms with Gasteiger partial charge in [-0.1, -0.05) is 0 Å². The van der Waals surface area contributed by atoms with Crippen LogP contribution in [0.15, 0.2) is 38.8 Å². The van der Waals surface area contributed by atoms with Crippen molar-refractivity contribution in [2.75, 3.05) is 6.61 Å². The Balaban J connectivity index is 2.20. The normalized spacial score (nSPS) is 10.9. The van der Waals surface area contributed by atoms with Gasteiger partial charge in [0.1, 0.15) is 5.56 Å². The Morgan fingerprint density at radius 2 is 1.92 bits per heavy atom. The van der Waals surface area contributed by atoms with Gasteiger partial charge < -0.3 is 9.72 Å². The minimum absolute atomic E-state index is 0.106. The minimum atomic E-state index is -0.818. The number of benzene rings is 1. The van der Waals surface area contributed by atoms with Crippen LogP contribution in [0.3, 0.4) is 0 Å². The molecule has 0 atom stereocenters. The molecule has 0 aliphatic rings. The van der Waals surface area contributed by atoms with Crippen LogP contribution in [0.5, 0.6) is 0 Å². The monoisotopic (exact) mass is 330 g/mol. The highest BCUT2D eigenvalue weighted by Crippen LogP contribution is 2.14. The number of carbonyl (C=O) groups excluding carboxylic acids is 1. The van der Waals surface area contributed by atoms with Gasteiger partial charge in [-0.15, -0.1) is 0 Å². The zero-order chi connectivity index (χ0) is 17.4. The largest absolute Gasteiger partial charge is 0.462 e. The van der Waals surface area contributed by atoms with E-state index in [4.69, 9.17) is 4.74 Å². The van der Waals surface area contributed by atoms with E-state index in [1.54, 1.807) is 32.2 Å². The molecule has 0 unspecified atom stereocenters. The molecule has 2 N–H and O–H groups in total. The third-order valence-electron chi connectivity index (χ3n) is 3.60. The van der Waals surface area contributed by atoms with Crippen molar-refractivity contribution in [2.24, 2.45) is 7.05 Å². The molecule has 0 fully saturated rings. The molecule has 124 valence electrons. The van der Waals surface area contributed by atoms with E-state index in [9.17, 15) is 19.2 Å². The van der Waals surface area contributed by atoms with E-state index >= 15 is 0 Å². The number of H-pyrrole nitrogens is 2. The van der Waals surface area contributed by atoms with E-state index in [0.29, 0.717) is 16.7 Å². The molecule has 3 rings (SSSR count). The van der Waals surface area contributed by atoms with Gasteiger partial charge in [0, 0.05) is 13.2 Å². The number of aromatic amines is 2. The quantitative estimate of drug-likeness (QED) is 0.649. The minimum Gasteiger partial charge on any atom is -0.462 e. The Morgan fingerprint density at radius 3 is 2.62 bits per heavy atom. The molecule has 9 nitrogen and oxygen atoms in total. The van der Waals surface area contributed by atoms with Gasteiger partial charge in [-0.3, -0.25) is 18.9 Å². The summed E-state index contributed by atoms with van der Waals surface area (Å²) in [5.74, 6) is -0.818. The smallest absolute Gasteiger partial charge is 0.345 e. The molecule has 0 saturated carbocycles. The van der Waals surface area contributed by atoms with Crippen LogP contribution in [-0.2, 0) is 11.8 Å². The summed E-state index contributed by atoms with van der Waals surface area (Å²) >= 11 is 0. The third-order valence-corrected chi connectivity index (χ3v) is 3.60. The molecule has 2 heterocycles. The molecule has 0 radical (unpaired) electrons. The lowest BCUT2D eigenvalue weighted by atomic mass is 10.2. The summed E-state index contributed by atoms with van der Waals surface area (Å²) in [6.45, 7) is 1.72. The molecular weight excluding hydrogens is 316 g/mol. The van der Waals surface area contributed by atoms with Crippen molar-refractivity contribution in [1.29, 1.82) is 0 Å². The number of ether oxygens (including phenoxy) is 1. The average molecular weight is 330 g/mol. The zero-order valence-electron chi connectivity index (χ0n) is 13.0. The molecule has 0 saturated heterocycles.